The predicted molar refractivity (Wildman–Crippen MR) is 84.5 cm³/mol. The Morgan fingerprint density at radius 3 is 2.75 bits per heavy atom. The van der Waals surface area contributed by atoms with E-state index in [1.54, 1.807) is 6.20 Å². The van der Waals surface area contributed by atoms with E-state index in [1.165, 1.54) is 0 Å². The lowest BCUT2D eigenvalue weighted by Gasteiger charge is -2.14. The summed E-state index contributed by atoms with van der Waals surface area (Å²) in [6.45, 7) is 7.05. The van der Waals surface area contributed by atoms with Crippen LogP contribution >= 0.6 is 15.9 Å². The van der Waals surface area contributed by atoms with Crippen molar-refractivity contribution in [3.05, 3.63) is 40.5 Å². The predicted octanol–water partition coefficient (Wildman–Crippen LogP) is 4.59. The van der Waals surface area contributed by atoms with Crippen LogP contribution in [-0.2, 0) is 0 Å². The zero-order valence-electron chi connectivity index (χ0n) is 11.9. The summed E-state index contributed by atoms with van der Waals surface area (Å²) in [7, 11) is 0. The first-order valence-corrected chi connectivity index (χ1v) is 7.44. The van der Waals surface area contributed by atoms with Crippen molar-refractivity contribution in [2.45, 2.75) is 26.7 Å². The van der Waals surface area contributed by atoms with Gasteiger partial charge in [-0.2, -0.15) is 4.98 Å². The van der Waals surface area contributed by atoms with E-state index in [1.807, 2.05) is 25.1 Å². The highest BCUT2D eigenvalue weighted by Gasteiger charge is 2.12. The van der Waals surface area contributed by atoms with Crippen molar-refractivity contribution < 1.29 is 4.74 Å². The fraction of sp³-hybridized carbons (Fsp3) is 0.333. The molecule has 0 radical (unpaired) electrons. The number of nitrogens with one attached hydrogen (secondary N) is 1. The number of rotatable bonds is 5. The Bertz CT molecular complexity index is 587. The molecule has 0 fully saturated rings. The van der Waals surface area contributed by atoms with E-state index < -0.39 is 0 Å². The summed E-state index contributed by atoms with van der Waals surface area (Å²) in [5, 5.41) is 3.08. The van der Waals surface area contributed by atoms with E-state index in [4.69, 9.17) is 4.74 Å². The molecule has 4 nitrogen and oxygen atoms in total. The van der Waals surface area contributed by atoms with Crippen LogP contribution in [0.2, 0.25) is 0 Å². The van der Waals surface area contributed by atoms with Crippen LogP contribution in [0.4, 0.5) is 5.95 Å². The summed E-state index contributed by atoms with van der Waals surface area (Å²) in [5.74, 6) is 2.29. The first-order valence-electron chi connectivity index (χ1n) is 6.65. The van der Waals surface area contributed by atoms with Crippen LogP contribution in [0.5, 0.6) is 11.6 Å². The topological polar surface area (TPSA) is 47.0 Å². The average molecular weight is 336 g/mol. The van der Waals surface area contributed by atoms with Gasteiger partial charge in [-0.15, -0.1) is 0 Å². The van der Waals surface area contributed by atoms with Crippen molar-refractivity contribution in [3.8, 4) is 11.6 Å². The number of aromatic nitrogens is 2. The average Bonchev–Trinajstić information content (AvgIpc) is 2.43. The fourth-order valence-corrected chi connectivity index (χ4v) is 2.09. The Morgan fingerprint density at radius 2 is 2.05 bits per heavy atom. The summed E-state index contributed by atoms with van der Waals surface area (Å²) >= 11 is 3.42. The smallest absolute Gasteiger partial charge is 0.238 e. The molecule has 1 N–H and O–H groups in total. The Hall–Kier alpha value is -1.62. The number of anilines is 1. The highest BCUT2D eigenvalue weighted by atomic mass is 79.9. The quantitative estimate of drug-likeness (QED) is 0.868. The van der Waals surface area contributed by atoms with Crippen molar-refractivity contribution in [2.75, 3.05) is 11.9 Å². The van der Waals surface area contributed by atoms with E-state index in [-0.39, 0.29) is 0 Å². The molecule has 1 aromatic carbocycles. The molecule has 0 aliphatic heterocycles. The third-order valence-corrected chi connectivity index (χ3v) is 3.34. The summed E-state index contributed by atoms with van der Waals surface area (Å²) in [6, 6.07) is 8.00. The number of hydrogen-bond donors (Lipinski definition) is 1. The maximum absolute atomic E-state index is 5.95. The first kappa shape index (κ1) is 14.8. The molecule has 0 saturated heterocycles. The van der Waals surface area contributed by atoms with E-state index in [0.717, 1.165) is 22.3 Å². The van der Waals surface area contributed by atoms with Gasteiger partial charge in [-0.25, -0.2) is 4.98 Å². The van der Waals surface area contributed by atoms with E-state index in [0.29, 0.717) is 17.7 Å². The third kappa shape index (κ3) is 3.48. The summed E-state index contributed by atoms with van der Waals surface area (Å²) < 4.78 is 6.68. The minimum Gasteiger partial charge on any atom is -0.437 e. The molecule has 0 bridgehead atoms. The second kappa shape index (κ2) is 6.70. The minimum absolute atomic E-state index is 0.389. The number of nitrogens with zero attached hydrogens (tertiary/aromatic N) is 2. The Labute approximate surface area is 127 Å². The Kier molecular flexibility index (Phi) is 4.95. The van der Waals surface area contributed by atoms with Gasteiger partial charge in [-0.3, -0.25) is 0 Å². The second-order valence-corrected chi connectivity index (χ2v) is 5.53. The lowest BCUT2D eigenvalue weighted by atomic mass is 10.0. The Balaban J connectivity index is 2.32. The van der Waals surface area contributed by atoms with Gasteiger partial charge in [0.1, 0.15) is 5.75 Å². The van der Waals surface area contributed by atoms with Gasteiger partial charge in [0.2, 0.25) is 11.8 Å². The SMILES string of the molecule is CCNc1ncc(Br)c(Oc2ccccc2C(C)C)n1. The zero-order valence-corrected chi connectivity index (χ0v) is 13.4. The van der Waals surface area contributed by atoms with Gasteiger partial charge in [0.25, 0.3) is 0 Å². The maximum Gasteiger partial charge on any atom is 0.238 e. The van der Waals surface area contributed by atoms with Gasteiger partial charge in [0.05, 0.1) is 10.7 Å². The maximum atomic E-state index is 5.95. The summed E-state index contributed by atoms with van der Waals surface area (Å²) in [4.78, 5) is 8.55. The molecule has 2 aromatic rings. The highest BCUT2D eigenvalue weighted by Crippen LogP contribution is 2.32. The molecule has 5 heteroatoms. The van der Waals surface area contributed by atoms with Gasteiger partial charge in [0.15, 0.2) is 0 Å². The molecule has 0 unspecified atom stereocenters. The van der Waals surface area contributed by atoms with Crippen LogP contribution in [0.15, 0.2) is 34.9 Å². The number of ether oxygens (including phenoxy) is 1. The van der Waals surface area contributed by atoms with E-state index >= 15 is 0 Å². The van der Waals surface area contributed by atoms with Gasteiger partial charge in [-0.05, 0) is 40.4 Å². The van der Waals surface area contributed by atoms with Gasteiger partial charge in [0, 0.05) is 6.54 Å². The van der Waals surface area contributed by atoms with Crippen LogP contribution in [0, 0.1) is 0 Å². The molecule has 0 aliphatic rings. The molecule has 20 heavy (non-hydrogen) atoms. The van der Waals surface area contributed by atoms with Crippen LogP contribution in [0.25, 0.3) is 0 Å². The van der Waals surface area contributed by atoms with Crippen molar-refractivity contribution in [3.63, 3.8) is 0 Å². The first-order chi connectivity index (χ1) is 9.61. The van der Waals surface area contributed by atoms with Gasteiger partial charge in [-0.1, -0.05) is 32.0 Å². The number of para-hydroxylation sites is 1. The molecule has 1 aromatic heterocycles. The molecule has 2 rings (SSSR count). The standard InChI is InChI=1S/C15H18BrN3O/c1-4-17-15-18-9-12(16)14(19-15)20-13-8-6-5-7-11(13)10(2)3/h5-10H,4H2,1-3H3,(H,17,18,19). The third-order valence-electron chi connectivity index (χ3n) is 2.79. The molecule has 1 heterocycles. The van der Waals surface area contributed by atoms with Crippen molar-refractivity contribution >= 4 is 21.9 Å². The minimum atomic E-state index is 0.389. The number of halogens is 1. The van der Waals surface area contributed by atoms with E-state index in [9.17, 15) is 0 Å². The van der Waals surface area contributed by atoms with Crippen molar-refractivity contribution in [1.82, 2.24) is 9.97 Å². The second-order valence-electron chi connectivity index (χ2n) is 4.67. The molecule has 0 aliphatic carbocycles. The van der Waals surface area contributed by atoms with Crippen LogP contribution in [0.1, 0.15) is 32.3 Å². The largest absolute Gasteiger partial charge is 0.437 e. The molecule has 0 amide bonds. The molecular weight excluding hydrogens is 318 g/mol. The number of hydrogen-bond acceptors (Lipinski definition) is 4. The fourth-order valence-electron chi connectivity index (χ4n) is 1.82. The summed E-state index contributed by atoms with van der Waals surface area (Å²) in [5.41, 5.74) is 1.16. The van der Waals surface area contributed by atoms with Crippen molar-refractivity contribution in [1.29, 1.82) is 0 Å². The van der Waals surface area contributed by atoms with Gasteiger partial charge >= 0.3 is 0 Å². The number of benzene rings is 1. The Morgan fingerprint density at radius 1 is 1.30 bits per heavy atom. The molecule has 0 saturated carbocycles. The van der Waals surface area contributed by atoms with E-state index in [2.05, 4.69) is 51.1 Å². The van der Waals surface area contributed by atoms with Gasteiger partial charge < -0.3 is 10.1 Å². The summed E-state index contributed by atoms with van der Waals surface area (Å²) in [6.07, 6.45) is 1.69. The van der Waals surface area contributed by atoms with Crippen molar-refractivity contribution in [2.24, 2.45) is 0 Å². The molecule has 0 atom stereocenters. The zero-order chi connectivity index (χ0) is 14.5. The highest BCUT2D eigenvalue weighted by molar-refractivity contribution is 9.10. The normalized spacial score (nSPS) is 10.7. The lowest BCUT2D eigenvalue weighted by Crippen LogP contribution is -2.03. The molecular formula is C15H18BrN3O. The molecule has 0 spiro atoms. The lowest BCUT2D eigenvalue weighted by molar-refractivity contribution is 0.450. The molecule has 106 valence electrons. The monoisotopic (exact) mass is 335 g/mol. The van der Waals surface area contributed by atoms with Crippen LogP contribution < -0.4 is 10.1 Å². The van der Waals surface area contributed by atoms with Crippen LogP contribution in [-0.4, -0.2) is 16.5 Å². The van der Waals surface area contributed by atoms with Crippen LogP contribution in [0.3, 0.4) is 0 Å².